The second-order valence-corrected chi connectivity index (χ2v) is 7.31. The predicted octanol–water partition coefficient (Wildman–Crippen LogP) is 5.22. The number of aliphatic hydroxyl groups is 1. The molecule has 0 spiro atoms. The summed E-state index contributed by atoms with van der Waals surface area (Å²) in [5.74, 6) is -0.426. The summed E-state index contributed by atoms with van der Waals surface area (Å²) in [4.78, 5) is 12.1. The fourth-order valence-corrected chi connectivity index (χ4v) is 2.59. The zero-order valence-corrected chi connectivity index (χ0v) is 16.2. The second-order valence-electron chi connectivity index (χ2n) is 6.91. The minimum atomic E-state index is -0.805. The molecule has 2 N–H and O–H groups in total. The van der Waals surface area contributed by atoms with Gasteiger partial charge in [-0.05, 0) is 45.4 Å². The van der Waals surface area contributed by atoms with Gasteiger partial charge < -0.3 is 19.9 Å². The highest BCUT2D eigenvalue weighted by atomic mass is 35.5. The SMILES string of the molecule is CC(C)(C)OC(=O)N[C@H](CCO)c1ccc(Cl)c(Oc2ccccc2)c1F. The van der Waals surface area contributed by atoms with E-state index in [0.29, 0.717) is 5.75 Å². The van der Waals surface area contributed by atoms with E-state index in [0.717, 1.165) is 0 Å². The summed E-state index contributed by atoms with van der Waals surface area (Å²) in [5.41, 5.74) is -0.557. The topological polar surface area (TPSA) is 67.8 Å². The largest absolute Gasteiger partial charge is 0.453 e. The minimum Gasteiger partial charge on any atom is -0.453 e. The summed E-state index contributed by atoms with van der Waals surface area (Å²) in [7, 11) is 0. The zero-order valence-electron chi connectivity index (χ0n) is 15.5. The molecule has 2 aromatic rings. The van der Waals surface area contributed by atoms with Crippen LogP contribution in [0.15, 0.2) is 42.5 Å². The number of amides is 1. The summed E-state index contributed by atoms with van der Waals surface area (Å²) in [6.07, 6.45) is -0.608. The first-order chi connectivity index (χ1) is 12.7. The smallest absolute Gasteiger partial charge is 0.408 e. The quantitative estimate of drug-likeness (QED) is 0.703. The lowest BCUT2D eigenvalue weighted by atomic mass is 10.0. The van der Waals surface area contributed by atoms with Gasteiger partial charge in [-0.25, -0.2) is 9.18 Å². The number of carbonyl (C=O) groups excluding carboxylic acids is 1. The molecular formula is C20H23ClFNO4. The molecule has 0 aromatic heterocycles. The van der Waals surface area contributed by atoms with Crippen molar-refractivity contribution >= 4 is 17.7 Å². The number of rotatable bonds is 6. The van der Waals surface area contributed by atoms with Crippen LogP contribution in [0.25, 0.3) is 0 Å². The third kappa shape index (κ3) is 6.12. The number of hydrogen-bond acceptors (Lipinski definition) is 4. The Balaban J connectivity index is 2.30. The third-order valence-corrected chi connectivity index (χ3v) is 3.82. The molecule has 0 fully saturated rings. The summed E-state index contributed by atoms with van der Waals surface area (Å²) >= 11 is 6.10. The highest BCUT2D eigenvalue weighted by Gasteiger charge is 2.25. The molecule has 0 aliphatic rings. The van der Waals surface area contributed by atoms with Crippen molar-refractivity contribution in [2.24, 2.45) is 0 Å². The Hall–Kier alpha value is -2.31. The van der Waals surface area contributed by atoms with Crippen molar-refractivity contribution in [2.75, 3.05) is 6.61 Å². The highest BCUT2D eigenvalue weighted by Crippen LogP contribution is 2.36. The van der Waals surface area contributed by atoms with Crippen LogP contribution in [0.2, 0.25) is 5.02 Å². The monoisotopic (exact) mass is 395 g/mol. The van der Waals surface area contributed by atoms with Gasteiger partial charge in [0, 0.05) is 12.2 Å². The molecule has 1 atom stereocenters. The van der Waals surface area contributed by atoms with E-state index < -0.39 is 23.6 Å². The number of nitrogens with one attached hydrogen (secondary N) is 1. The number of hydrogen-bond donors (Lipinski definition) is 2. The van der Waals surface area contributed by atoms with Gasteiger partial charge >= 0.3 is 6.09 Å². The Morgan fingerprint density at radius 2 is 1.89 bits per heavy atom. The summed E-state index contributed by atoms with van der Waals surface area (Å²) in [5, 5.41) is 12.0. The van der Waals surface area contributed by atoms with E-state index in [-0.39, 0.29) is 29.4 Å². The number of carbonyl (C=O) groups is 1. The Kier molecular flexibility index (Phi) is 7.05. The van der Waals surface area contributed by atoms with Crippen molar-refractivity contribution < 1.29 is 23.8 Å². The predicted molar refractivity (Wildman–Crippen MR) is 102 cm³/mol. The van der Waals surface area contributed by atoms with E-state index >= 15 is 4.39 Å². The number of ether oxygens (including phenoxy) is 2. The molecule has 0 aliphatic heterocycles. The summed E-state index contributed by atoms with van der Waals surface area (Å²) in [6, 6.07) is 10.8. The van der Waals surface area contributed by atoms with Gasteiger partial charge in [0.25, 0.3) is 0 Å². The number of halogens is 2. The van der Waals surface area contributed by atoms with Crippen molar-refractivity contribution in [3.63, 3.8) is 0 Å². The van der Waals surface area contributed by atoms with Crippen molar-refractivity contribution in [3.8, 4) is 11.5 Å². The van der Waals surface area contributed by atoms with Gasteiger partial charge in [0.2, 0.25) is 0 Å². The summed E-state index contributed by atoms with van der Waals surface area (Å²) in [6.45, 7) is 4.92. The standard InChI is InChI=1S/C20H23ClFNO4/c1-20(2,3)27-19(25)23-16(11-12-24)14-9-10-15(21)18(17(14)22)26-13-7-5-4-6-8-13/h4-10,16,24H,11-12H2,1-3H3,(H,23,25)/t16-/m1/s1. The Morgan fingerprint density at radius 1 is 1.22 bits per heavy atom. The molecule has 146 valence electrons. The minimum absolute atomic E-state index is 0.0973. The molecule has 0 saturated carbocycles. The second kappa shape index (κ2) is 9.06. The van der Waals surface area contributed by atoms with Gasteiger partial charge in [0.15, 0.2) is 11.6 Å². The molecule has 7 heteroatoms. The van der Waals surface area contributed by atoms with Crippen molar-refractivity contribution in [1.29, 1.82) is 0 Å². The number of alkyl carbamates (subject to hydrolysis) is 1. The van der Waals surface area contributed by atoms with Crippen LogP contribution >= 0.6 is 11.6 Å². The maximum Gasteiger partial charge on any atom is 0.408 e. The van der Waals surface area contributed by atoms with Crippen LogP contribution in [0.5, 0.6) is 11.5 Å². The molecule has 5 nitrogen and oxygen atoms in total. The van der Waals surface area contributed by atoms with Crippen LogP contribution in [0.4, 0.5) is 9.18 Å². The zero-order chi connectivity index (χ0) is 20.0. The number of para-hydroxylation sites is 1. The van der Waals surface area contributed by atoms with Gasteiger partial charge in [0.05, 0.1) is 11.1 Å². The van der Waals surface area contributed by atoms with E-state index in [1.165, 1.54) is 12.1 Å². The highest BCUT2D eigenvalue weighted by molar-refractivity contribution is 6.32. The molecule has 0 heterocycles. The van der Waals surface area contributed by atoms with E-state index in [1.807, 2.05) is 6.07 Å². The van der Waals surface area contributed by atoms with Gasteiger partial charge in [-0.3, -0.25) is 0 Å². The maximum atomic E-state index is 15.1. The van der Waals surface area contributed by atoms with Crippen LogP contribution in [-0.2, 0) is 4.74 Å². The molecule has 2 aromatic carbocycles. The number of aliphatic hydroxyl groups excluding tert-OH is 1. The van der Waals surface area contributed by atoms with Crippen LogP contribution < -0.4 is 10.1 Å². The lowest BCUT2D eigenvalue weighted by Gasteiger charge is -2.24. The Labute approximate surface area is 163 Å². The molecule has 0 aliphatic carbocycles. The Bertz CT molecular complexity index is 778. The normalized spacial score (nSPS) is 12.4. The average molecular weight is 396 g/mol. The molecular weight excluding hydrogens is 373 g/mol. The van der Waals surface area contributed by atoms with Crippen molar-refractivity contribution in [2.45, 2.75) is 38.8 Å². The van der Waals surface area contributed by atoms with Crippen LogP contribution in [0.3, 0.4) is 0 Å². The van der Waals surface area contributed by atoms with Crippen LogP contribution in [0.1, 0.15) is 38.8 Å². The van der Waals surface area contributed by atoms with Crippen molar-refractivity contribution in [3.05, 3.63) is 58.9 Å². The first-order valence-electron chi connectivity index (χ1n) is 8.52. The van der Waals surface area contributed by atoms with E-state index in [9.17, 15) is 9.90 Å². The maximum absolute atomic E-state index is 15.1. The van der Waals surface area contributed by atoms with Gasteiger partial charge in [-0.2, -0.15) is 0 Å². The van der Waals surface area contributed by atoms with E-state index in [4.69, 9.17) is 21.1 Å². The van der Waals surface area contributed by atoms with E-state index in [2.05, 4.69) is 5.32 Å². The molecule has 0 unspecified atom stereocenters. The first kappa shape index (κ1) is 21.0. The van der Waals surface area contributed by atoms with Gasteiger partial charge in [-0.1, -0.05) is 35.9 Å². The van der Waals surface area contributed by atoms with E-state index in [1.54, 1.807) is 45.0 Å². The first-order valence-corrected chi connectivity index (χ1v) is 8.90. The molecule has 1 amide bonds. The average Bonchev–Trinajstić information content (AvgIpc) is 2.58. The lowest BCUT2D eigenvalue weighted by Crippen LogP contribution is -2.35. The molecule has 0 saturated heterocycles. The van der Waals surface area contributed by atoms with Gasteiger partial charge in [0.1, 0.15) is 11.4 Å². The fourth-order valence-electron chi connectivity index (χ4n) is 2.40. The van der Waals surface area contributed by atoms with Gasteiger partial charge in [-0.15, -0.1) is 0 Å². The number of benzene rings is 2. The van der Waals surface area contributed by atoms with Crippen LogP contribution in [-0.4, -0.2) is 23.4 Å². The molecule has 0 bridgehead atoms. The molecule has 2 rings (SSSR count). The Morgan fingerprint density at radius 3 is 2.48 bits per heavy atom. The fraction of sp³-hybridized carbons (Fsp3) is 0.350. The third-order valence-electron chi connectivity index (χ3n) is 3.53. The van der Waals surface area contributed by atoms with Crippen LogP contribution in [0, 0.1) is 5.82 Å². The summed E-state index contributed by atoms with van der Waals surface area (Å²) < 4.78 is 25.9. The van der Waals surface area contributed by atoms with Crippen molar-refractivity contribution in [1.82, 2.24) is 5.32 Å². The lowest BCUT2D eigenvalue weighted by molar-refractivity contribution is 0.0495. The molecule has 0 radical (unpaired) electrons. The molecule has 27 heavy (non-hydrogen) atoms.